The molecule has 0 aliphatic carbocycles. The minimum absolute atomic E-state index is 0.182. The molecule has 6 nitrogen and oxygen atoms in total. The maximum Gasteiger partial charge on any atom is 0.368 e. The lowest BCUT2D eigenvalue weighted by molar-refractivity contribution is 0.0516. The summed E-state index contributed by atoms with van der Waals surface area (Å²) in [6, 6.07) is 3.64. The van der Waals surface area contributed by atoms with Crippen LogP contribution in [0.15, 0.2) is 35.1 Å². The molecule has 0 saturated heterocycles. The first kappa shape index (κ1) is 12.3. The van der Waals surface area contributed by atoms with Gasteiger partial charge in [0.05, 0.1) is 16.6 Å². The number of nitrogens with zero attached hydrogens (tertiary/aromatic N) is 3. The van der Waals surface area contributed by atoms with E-state index in [2.05, 4.69) is 10.3 Å². The molecule has 2 N–H and O–H groups in total. The predicted octanol–water partition coefficient (Wildman–Crippen LogP) is 1.44. The highest BCUT2D eigenvalue weighted by atomic mass is 32.1. The van der Waals surface area contributed by atoms with Crippen molar-refractivity contribution in [3.8, 4) is 0 Å². The van der Waals surface area contributed by atoms with Gasteiger partial charge >= 0.3 is 5.97 Å². The molecule has 0 bridgehead atoms. The van der Waals surface area contributed by atoms with E-state index >= 15 is 0 Å². The van der Waals surface area contributed by atoms with Crippen molar-refractivity contribution >= 4 is 23.1 Å². The van der Waals surface area contributed by atoms with Gasteiger partial charge in [-0.15, -0.1) is 11.3 Å². The van der Waals surface area contributed by atoms with Crippen LogP contribution in [0.25, 0.3) is 0 Å². The zero-order chi connectivity index (χ0) is 13.0. The van der Waals surface area contributed by atoms with Gasteiger partial charge < -0.3 is 10.6 Å². The highest BCUT2D eigenvalue weighted by molar-refractivity contribution is 7.12. The van der Waals surface area contributed by atoms with Crippen molar-refractivity contribution in [3.63, 3.8) is 0 Å². The van der Waals surface area contributed by atoms with E-state index in [9.17, 15) is 4.79 Å². The third-order valence-electron chi connectivity index (χ3n) is 2.19. The zero-order valence-electron chi connectivity index (χ0n) is 9.74. The van der Waals surface area contributed by atoms with Crippen LogP contribution in [0.1, 0.15) is 22.2 Å². The third kappa shape index (κ3) is 2.75. The highest BCUT2D eigenvalue weighted by Gasteiger charge is 2.10. The summed E-state index contributed by atoms with van der Waals surface area (Å²) in [5.41, 5.74) is 6.01. The van der Waals surface area contributed by atoms with Crippen LogP contribution >= 0.6 is 11.3 Å². The van der Waals surface area contributed by atoms with Crippen molar-refractivity contribution in [2.75, 3.05) is 0 Å². The molecule has 0 aliphatic rings. The molecule has 0 atom stereocenters. The first-order valence-corrected chi connectivity index (χ1v) is 6.20. The monoisotopic (exact) mass is 264 g/mol. The van der Waals surface area contributed by atoms with Crippen LogP contribution in [0, 0.1) is 0 Å². The van der Waals surface area contributed by atoms with Crippen molar-refractivity contribution in [2.24, 2.45) is 10.9 Å². The maximum absolute atomic E-state index is 11.6. The summed E-state index contributed by atoms with van der Waals surface area (Å²) in [6.07, 6.45) is 3.03. The molecule has 0 saturated carbocycles. The number of rotatable bonds is 4. The second-order valence-corrected chi connectivity index (χ2v) is 4.36. The number of nitrogens with two attached hydrogens (primary N) is 1. The quantitative estimate of drug-likeness (QED) is 0.392. The Morgan fingerprint density at radius 2 is 2.50 bits per heavy atom. The minimum atomic E-state index is -0.575. The average Bonchev–Trinajstić information content (AvgIpc) is 3.05. The van der Waals surface area contributed by atoms with E-state index in [-0.39, 0.29) is 5.84 Å². The lowest BCUT2D eigenvalue weighted by Crippen LogP contribution is -2.13. The molecule has 0 amide bonds. The minimum Gasteiger partial charge on any atom is -0.380 e. The van der Waals surface area contributed by atoms with Gasteiger partial charge in [-0.3, -0.25) is 4.68 Å². The molecule has 7 heteroatoms. The molecule has 0 fully saturated rings. The largest absolute Gasteiger partial charge is 0.380 e. The Balaban J connectivity index is 2.02. The first-order valence-electron chi connectivity index (χ1n) is 5.32. The summed E-state index contributed by atoms with van der Waals surface area (Å²) >= 11 is 1.42. The van der Waals surface area contributed by atoms with Crippen LogP contribution in [0.5, 0.6) is 0 Å². The molecule has 0 aromatic carbocycles. The Morgan fingerprint density at radius 1 is 1.67 bits per heavy atom. The maximum atomic E-state index is 11.6. The summed E-state index contributed by atoms with van der Waals surface area (Å²) in [4.78, 5) is 17.1. The van der Waals surface area contributed by atoms with E-state index in [1.165, 1.54) is 17.5 Å². The van der Waals surface area contributed by atoms with Crippen LogP contribution in [-0.2, 0) is 11.4 Å². The number of hydrogen-bond donors (Lipinski definition) is 1. The highest BCUT2D eigenvalue weighted by Crippen LogP contribution is 2.08. The second kappa shape index (κ2) is 5.46. The lowest BCUT2D eigenvalue weighted by atomic mass is 10.4. The number of oxime groups is 1. The third-order valence-corrected chi connectivity index (χ3v) is 3.09. The molecule has 0 unspecified atom stereocenters. The van der Waals surface area contributed by atoms with Gasteiger partial charge in [-0.05, 0) is 18.4 Å². The summed E-state index contributed by atoms with van der Waals surface area (Å²) < 4.78 is 1.63. The summed E-state index contributed by atoms with van der Waals surface area (Å²) in [5.74, 6) is -0.393. The van der Waals surface area contributed by atoms with E-state index in [4.69, 9.17) is 10.6 Å². The van der Waals surface area contributed by atoms with E-state index < -0.39 is 5.97 Å². The Kier molecular flexibility index (Phi) is 3.73. The average molecular weight is 264 g/mol. The fourth-order valence-corrected chi connectivity index (χ4v) is 1.87. The number of hydrogen-bond acceptors (Lipinski definition) is 5. The first-order chi connectivity index (χ1) is 8.70. The van der Waals surface area contributed by atoms with E-state index in [0.717, 1.165) is 4.88 Å². The standard InChI is InChI=1S/C11H12N4O2S/c1-2-15-7-8(6-13-15)11(16)17-14-10(12)9-4-3-5-18-9/h3-7H,2H2,1H3,(H2,12,14). The normalized spacial score (nSPS) is 11.5. The van der Waals surface area contributed by atoms with Crippen molar-refractivity contribution in [1.82, 2.24) is 9.78 Å². The van der Waals surface area contributed by atoms with E-state index in [0.29, 0.717) is 12.1 Å². The molecular weight excluding hydrogens is 252 g/mol. The molecule has 2 heterocycles. The van der Waals surface area contributed by atoms with Crippen LogP contribution in [0.4, 0.5) is 0 Å². The molecule has 0 aliphatic heterocycles. The number of aryl methyl sites for hydroxylation is 1. The van der Waals surface area contributed by atoms with Crippen molar-refractivity contribution in [2.45, 2.75) is 13.5 Å². The molecule has 2 aromatic rings. The molecule has 2 rings (SSSR count). The van der Waals surface area contributed by atoms with Gasteiger partial charge in [0.15, 0.2) is 5.84 Å². The summed E-state index contributed by atoms with van der Waals surface area (Å²) in [6.45, 7) is 2.61. The molecule has 0 spiro atoms. The Morgan fingerprint density at radius 3 is 3.11 bits per heavy atom. The van der Waals surface area contributed by atoms with Gasteiger partial charge in [-0.2, -0.15) is 5.10 Å². The Hall–Kier alpha value is -2.15. The van der Waals surface area contributed by atoms with E-state index in [1.807, 2.05) is 18.4 Å². The van der Waals surface area contributed by atoms with Gasteiger partial charge in [0.25, 0.3) is 0 Å². The van der Waals surface area contributed by atoms with Gasteiger partial charge in [-0.1, -0.05) is 11.2 Å². The number of carbonyl (C=O) groups is 1. The topological polar surface area (TPSA) is 82.5 Å². The Bertz CT molecular complexity index is 559. The Labute approximate surface area is 108 Å². The van der Waals surface area contributed by atoms with E-state index in [1.54, 1.807) is 16.9 Å². The number of amidine groups is 1. The van der Waals surface area contributed by atoms with Gasteiger partial charge in [0, 0.05) is 12.7 Å². The predicted molar refractivity (Wildman–Crippen MR) is 68.4 cm³/mol. The van der Waals surface area contributed by atoms with Gasteiger partial charge in [-0.25, -0.2) is 4.79 Å². The van der Waals surface area contributed by atoms with Crippen LogP contribution in [-0.4, -0.2) is 21.6 Å². The lowest BCUT2D eigenvalue weighted by Gasteiger charge is -1.96. The number of aromatic nitrogens is 2. The van der Waals surface area contributed by atoms with Crippen LogP contribution < -0.4 is 5.73 Å². The van der Waals surface area contributed by atoms with Crippen LogP contribution in [0.2, 0.25) is 0 Å². The van der Waals surface area contributed by atoms with Crippen molar-refractivity contribution in [1.29, 1.82) is 0 Å². The zero-order valence-corrected chi connectivity index (χ0v) is 10.6. The van der Waals surface area contributed by atoms with Crippen LogP contribution in [0.3, 0.4) is 0 Å². The molecule has 0 radical (unpaired) electrons. The van der Waals surface area contributed by atoms with Crippen molar-refractivity contribution < 1.29 is 9.63 Å². The molecule has 2 aromatic heterocycles. The molecule has 94 valence electrons. The molecular formula is C11H12N4O2S. The smallest absolute Gasteiger partial charge is 0.368 e. The number of carbonyl (C=O) groups excluding carboxylic acids is 1. The summed E-state index contributed by atoms with van der Waals surface area (Å²) in [7, 11) is 0. The molecule has 18 heavy (non-hydrogen) atoms. The summed E-state index contributed by atoms with van der Waals surface area (Å²) in [5, 5.41) is 9.43. The second-order valence-electron chi connectivity index (χ2n) is 3.42. The fourth-order valence-electron chi connectivity index (χ4n) is 1.25. The number of thiophene rings is 1. The fraction of sp³-hybridized carbons (Fsp3) is 0.182. The van der Waals surface area contributed by atoms with Crippen molar-refractivity contribution in [3.05, 3.63) is 40.3 Å². The SMILES string of the molecule is CCn1cc(C(=O)O/N=C(\N)c2cccs2)cn1. The van der Waals surface area contributed by atoms with Gasteiger partial charge in [0.1, 0.15) is 0 Å². The van der Waals surface area contributed by atoms with Gasteiger partial charge in [0.2, 0.25) is 0 Å².